The van der Waals surface area contributed by atoms with Gasteiger partial charge in [0.1, 0.15) is 11.2 Å². The fourth-order valence-electron chi connectivity index (χ4n) is 15.5. The van der Waals surface area contributed by atoms with Crippen molar-refractivity contribution in [1.29, 1.82) is 0 Å². The van der Waals surface area contributed by atoms with Crippen molar-refractivity contribution < 1.29 is 4.42 Å². The highest BCUT2D eigenvalue weighted by Gasteiger charge is 2.23. The highest BCUT2D eigenvalue weighted by Crippen LogP contribution is 2.45. The maximum atomic E-state index is 7.03. The average molecular weight is 1210 g/mol. The van der Waals surface area contributed by atoms with Crippen LogP contribution in [-0.4, -0.2) is 18.3 Å². The number of aromatic nitrogens is 4. The van der Waals surface area contributed by atoms with E-state index < -0.39 is 0 Å². The zero-order valence-electron chi connectivity index (χ0n) is 51.5. The molecule has 5 heterocycles. The normalized spacial score (nSPS) is 12.0. The summed E-state index contributed by atoms with van der Waals surface area (Å²) in [6, 6.07) is 125. The lowest BCUT2D eigenvalue weighted by atomic mass is 9.98. The minimum Gasteiger partial charge on any atom is -0.456 e. The second-order valence-electron chi connectivity index (χ2n) is 25.2. The van der Waals surface area contributed by atoms with Crippen molar-refractivity contribution in [2.75, 3.05) is 0 Å². The van der Waals surface area contributed by atoms with Crippen molar-refractivity contribution in [1.82, 2.24) is 18.3 Å². The molecule has 20 rings (SSSR count). The summed E-state index contributed by atoms with van der Waals surface area (Å²) in [5, 5.41) is 11.8. The van der Waals surface area contributed by atoms with Gasteiger partial charge >= 0.3 is 0 Å². The molecule has 0 unspecified atom stereocenters. The predicted molar refractivity (Wildman–Crippen MR) is 398 cm³/mol. The van der Waals surface area contributed by atoms with E-state index in [2.05, 4.69) is 358 Å². The van der Waals surface area contributed by atoms with Crippen molar-refractivity contribution in [3.05, 3.63) is 340 Å². The van der Waals surface area contributed by atoms with Gasteiger partial charge < -0.3 is 22.7 Å². The molecule has 0 N–H and O–H groups in total. The van der Waals surface area contributed by atoms with Crippen LogP contribution in [0.15, 0.2) is 344 Å². The Morgan fingerprint density at radius 1 is 0.147 bits per heavy atom. The third-order valence-electron chi connectivity index (χ3n) is 19.9. The number of para-hydroxylation sites is 4. The summed E-state index contributed by atoms with van der Waals surface area (Å²) in [6.07, 6.45) is 0. The Kier molecular flexibility index (Phi) is 11.7. The Balaban J connectivity index is 0.711. The van der Waals surface area contributed by atoms with Crippen LogP contribution in [0.25, 0.3) is 188 Å². The van der Waals surface area contributed by atoms with Crippen molar-refractivity contribution in [2.45, 2.75) is 0 Å². The van der Waals surface area contributed by atoms with Crippen molar-refractivity contribution in [3.8, 4) is 78.4 Å². The first-order valence-corrected chi connectivity index (χ1v) is 32.6. The number of nitrogens with zero attached hydrogens (tertiary/aromatic N) is 4. The Morgan fingerprint density at radius 2 is 0.484 bits per heavy atom. The summed E-state index contributed by atoms with van der Waals surface area (Å²) in [4.78, 5) is 0. The van der Waals surface area contributed by atoms with Crippen LogP contribution >= 0.6 is 0 Å². The molecule has 0 saturated heterocycles. The predicted octanol–water partition coefficient (Wildman–Crippen LogP) is 24.3. The van der Waals surface area contributed by atoms with Crippen LogP contribution in [0.5, 0.6) is 0 Å². The molecule has 442 valence electrons. The van der Waals surface area contributed by atoms with Crippen LogP contribution in [0, 0.1) is 0 Å². The largest absolute Gasteiger partial charge is 0.456 e. The Hall–Kier alpha value is -12.7. The molecule has 0 fully saturated rings. The van der Waals surface area contributed by atoms with Crippen LogP contribution in [0.4, 0.5) is 0 Å². The summed E-state index contributed by atoms with van der Waals surface area (Å²) >= 11 is 0. The Bertz CT molecular complexity index is 6430. The molecular weight excluding hydrogens is 1150 g/mol. The highest BCUT2D eigenvalue weighted by atomic mass is 16.3. The molecule has 0 aliphatic carbocycles. The van der Waals surface area contributed by atoms with E-state index in [1.165, 1.54) is 93.1 Å². The van der Waals surface area contributed by atoms with Crippen LogP contribution in [0.1, 0.15) is 0 Å². The molecule has 20 aromatic rings. The molecule has 5 nitrogen and oxygen atoms in total. The number of fused-ring (bicyclic) bond motifs is 15. The molecule has 0 atom stereocenters. The molecule has 95 heavy (non-hydrogen) atoms. The van der Waals surface area contributed by atoms with E-state index in [1.54, 1.807) is 0 Å². The number of hydrogen-bond donors (Lipinski definition) is 0. The maximum absolute atomic E-state index is 7.03. The highest BCUT2D eigenvalue weighted by molar-refractivity contribution is 6.21. The van der Waals surface area contributed by atoms with Crippen LogP contribution in [-0.2, 0) is 0 Å². The van der Waals surface area contributed by atoms with Gasteiger partial charge in [0.25, 0.3) is 0 Å². The standard InChI is InChI=1S/C90H56N4O/c1-5-20-57(21-6-1)60-36-38-61(39-37-60)62-26-19-29-68(47-62)92-81-33-16-13-30-71(81)77-53-78-72-31-14-17-34-82(72)93(86(78)55-85(77)92)69-42-44-75-74-43-40-64(51-89(74)95-90(75)52-69)63-41-45-84-76(50-63)80-54-79-73-32-15-18-35-83(73)94(87(79)56-88(80)91(84)67-27-11-4-12-28-67)70-48-65(58-22-7-2-8-23-58)46-66(49-70)59-24-9-3-10-25-59/h1-56H. The molecule has 0 bridgehead atoms. The number of furan rings is 1. The first-order chi connectivity index (χ1) is 47.1. The van der Waals surface area contributed by atoms with Gasteiger partial charge in [-0.2, -0.15) is 0 Å². The Labute approximate surface area is 546 Å². The van der Waals surface area contributed by atoms with E-state index in [-0.39, 0.29) is 0 Å². The van der Waals surface area contributed by atoms with E-state index in [9.17, 15) is 0 Å². The zero-order valence-corrected chi connectivity index (χ0v) is 51.5. The molecule has 0 amide bonds. The zero-order chi connectivity index (χ0) is 62.2. The number of rotatable bonds is 9. The SMILES string of the molecule is c1ccc(-c2ccc(-c3cccc(-n4c5ccccc5c5cc6c7ccccc7n(-c7ccc8c(c7)oc7cc(-c9ccc%10c(c9)c9cc%11c%12ccccc%12n(-c%12cc(-c%13ccccc%13)cc(-c%13ccccc%13)c%12)c%11cc9n%10-c9ccccc9)ccc78)c6cc54)c3)cc2)cc1. The first kappa shape index (κ1) is 53.0. The second kappa shape index (κ2) is 20.9. The molecule has 0 aliphatic rings. The maximum Gasteiger partial charge on any atom is 0.137 e. The molecule has 0 spiro atoms. The smallest absolute Gasteiger partial charge is 0.137 e. The van der Waals surface area contributed by atoms with E-state index in [1.807, 2.05) is 0 Å². The molecule has 5 aromatic heterocycles. The molecule has 15 aromatic carbocycles. The lowest BCUT2D eigenvalue weighted by Gasteiger charge is -2.14. The number of benzene rings is 15. The fraction of sp³-hybridized carbons (Fsp3) is 0. The summed E-state index contributed by atoms with van der Waals surface area (Å²) in [5.74, 6) is 0. The summed E-state index contributed by atoms with van der Waals surface area (Å²) in [6.45, 7) is 0. The molecule has 5 heteroatoms. The summed E-state index contributed by atoms with van der Waals surface area (Å²) in [7, 11) is 0. The summed E-state index contributed by atoms with van der Waals surface area (Å²) < 4.78 is 16.8. The molecule has 0 saturated carbocycles. The first-order valence-electron chi connectivity index (χ1n) is 32.6. The summed E-state index contributed by atoms with van der Waals surface area (Å²) in [5.41, 5.74) is 27.0. The van der Waals surface area contributed by atoms with Gasteiger partial charge in [0, 0.05) is 82.7 Å². The molecule has 0 radical (unpaired) electrons. The van der Waals surface area contributed by atoms with Gasteiger partial charge in [0.15, 0.2) is 0 Å². The fourth-order valence-corrected chi connectivity index (χ4v) is 15.5. The monoisotopic (exact) mass is 1210 g/mol. The van der Waals surface area contributed by atoms with E-state index in [0.717, 1.165) is 94.4 Å². The third-order valence-corrected chi connectivity index (χ3v) is 19.9. The van der Waals surface area contributed by atoms with Crippen LogP contribution in [0.2, 0.25) is 0 Å². The topological polar surface area (TPSA) is 32.9 Å². The second-order valence-corrected chi connectivity index (χ2v) is 25.2. The minimum atomic E-state index is 0.844. The van der Waals surface area contributed by atoms with Gasteiger partial charge in [-0.1, -0.05) is 212 Å². The molecule has 0 aliphatic heterocycles. The van der Waals surface area contributed by atoms with E-state index >= 15 is 0 Å². The molecular formula is C90H56N4O. The lowest BCUT2D eigenvalue weighted by Crippen LogP contribution is -1.97. The van der Waals surface area contributed by atoms with E-state index in [4.69, 9.17) is 4.42 Å². The van der Waals surface area contributed by atoms with Gasteiger partial charge in [-0.15, -0.1) is 0 Å². The third kappa shape index (κ3) is 8.36. The van der Waals surface area contributed by atoms with Gasteiger partial charge in [0.2, 0.25) is 0 Å². The van der Waals surface area contributed by atoms with Gasteiger partial charge in [0.05, 0.1) is 44.1 Å². The van der Waals surface area contributed by atoms with Crippen molar-refractivity contribution in [3.63, 3.8) is 0 Å². The van der Waals surface area contributed by atoms with Crippen molar-refractivity contribution >= 4 is 109 Å². The van der Waals surface area contributed by atoms with Gasteiger partial charge in [-0.25, -0.2) is 0 Å². The Morgan fingerprint density at radius 3 is 1.04 bits per heavy atom. The van der Waals surface area contributed by atoms with Crippen LogP contribution < -0.4 is 0 Å². The average Bonchev–Trinajstić information content (AvgIpc) is 1.57. The van der Waals surface area contributed by atoms with Gasteiger partial charge in [-0.3, -0.25) is 0 Å². The van der Waals surface area contributed by atoms with Crippen molar-refractivity contribution in [2.24, 2.45) is 0 Å². The quantitative estimate of drug-likeness (QED) is 0.142. The lowest BCUT2D eigenvalue weighted by molar-refractivity contribution is 0.669. The van der Waals surface area contributed by atoms with E-state index in [0.29, 0.717) is 0 Å². The van der Waals surface area contributed by atoms with Crippen LogP contribution in [0.3, 0.4) is 0 Å². The minimum absolute atomic E-state index is 0.844. The van der Waals surface area contributed by atoms with Gasteiger partial charge in [-0.05, 0) is 177 Å². The number of hydrogen-bond acceptors (Lipinski definition) is 1.